The number of terminal acetylenes is 1. The van der Waals surface area contributed by atoms with Crippen molar-refractivity contribution < 1.29 is 52.8 Å². The van der Waals surface area contributed by atoms with Crippen LogP contribution in [0.2, 0.25) is 0 Å². The number of rotatable bonds is 4. The number of hydrogen-bond donors (Lipinski definition) is 0. The van der Waals surface area contributed by atoms with Crippen LogP contribution >= 0.6 is 7.82 Å². The third kappa shape index (κ3) is 4.93. The molecule has 0 spiro atoms. The van der Waals surface area contributed by atoms with E-state index in [4.69, 9.17) is 4.74 Å². The Morgan fingerprint density at radius 3 is 2.25 bits per heavy atom. The number of hydrogen-bond acceptors (Lipinski definition) is 5. The van der Waals surface area contributed by atoms with Crippen molar-refractivity contribution in [2.45, 2.75) is 0 Å². The van der Waals surface area contributed by atoms with Crippen molar-refractivity contribution in [1.29, 1.82) is 0 Å². The summed E-state index contributed by atoms with van der Waals surface area (Å²) in [5.41, 5.74) is 0. The van der Waals surface area contributed by atoms with Crippen LogP contribution in [0, 0.1) is 12.5 Å². The van der Waals surface area contributed by atoms with E-state index in [0.717, 1.165) is 0 Å². The van der Waals surface area contributed by atoms with Gasteiger partial charge in [0.15, 0.2) is 0 Å². The summed E-state index contributed by atoms with van der Waals surface area (Å²) in [6.45, 7) is 0. The molecule has 0 heterocycles. The summed E-state index contributed by atoms with van der Waals surface area (Å²) in [6, 6.07) is 5.93. The molecular weight excluding hydrogens is 242 g/mol. The molecule has 0 aliphatic carbocycles. The molecule has 16 heavy (non-hydrogen) atoms. The second kappa shape index (κ2) is 6.85. The van der Waals surface area contributed by atoms with Gasteiger partial charge in [0.1, 0.15) is 17.6 Å². The molecule has 0 saturated heterocycles. The molecule has 0 fully saturated rings. The first-order valence-corrected chi connectivity index (χ1v) is 5.32. The van der Waals surface area contributed by atoms with E-state index in [0.29, 0.717) is 5.75 Å². The van der Waals surface area contributed by atoms with Gasteiger partial charge in [-0.2, -0.15) is 0 Å². The fraction of sp³-hybridized carbons (Fsp3) is 0.111. The van der Waals surface area contributed by atoms with E-state index in [1.54, 1.807) is 12.1 Å². The molecular formula is C9H8NaO5P. The fourth-order valence-electron chi connectivity index (χ4n) is 0.849. The Morgan fingerprint density at radius 2 is 1.81 bits per heavy atom. The third-order valence-electron chi connectivity index (χ3n) is 1.44. The van der Waals surface area contributed by atoms with Gasteiger partial charge in [-0.1, -0.05) is 6.42 Å². The van der Waals surface area contributed by atoms with Gasteiger partial charge in [-0.05, 0) is 24.3 Å². The van der Waals surface area contributed by atoms with Crippen molar-refractivity contribution in [2.75, 3.05) is 7.11 Å². The summed E-state index contributed by atoms with van der Waals surface area (Å²) < 4.78 is 24.3. The Hall–Kier alpha value is -0.630. The standard InChI is InChI=1S/C9H9O5P.Na/c1-3-13-15(10,11)14-9-6-4-8(12-2)5-7-9;/h1,4-7H,2H3,(H,10,11);/q;+1/p-1. The second-order valence-corrected chi connectivity index (χ2v) is 3.68. The van der Waals surface area contributed by atoms with Crippen LogP contribution in [-0.2, 0) is 9.09 Å². The van der Waals surface area contributed by atoms with Crippen molar-refractivity contribution in [3.63, 3.8) is 0 Å². The SMILES string of the molecule is C#COP(=O)([O-])Oc1ccc(OC)cc1.[Na+]. The quantitative estimate of drug-likeness (QED) is 0.356. The average Bonchev–Trinajstić information content (AvgIpc) is 2.18. The first-order valence-electron chi connectivity index (χ1n) is 3.86. The van der Waals surface area contributed by atoms with Crippen molar-refractivity contribution in [1.82, 2.24) is 0 Å². The van der Waals surface area contributed by atoms with E-state index in [-0.39, 0.29) is 35.3 Å². The molecule has 5 nitrogen and oxygen atoms in total. The molecule has 80 valence electrons. The second-order valence-electron chi connectivity index (χ2n) is 2.42. The summed E-state index contributed by atoms with van der Waals surface area (Å²) in [6.07, 6.45) is 6.19. The van der Waals surface area contributed by atoms with Gasteiger partial charge in [-0.3, -0.25) is 0 Å². The van der Waals surface area contributed by atoms with Gasteiger partial charge in [0.2, 0.25) is 0 Å². The average molecular weight is 250 g/mol. The molecule has 0 aliphatic heterocycles. The summed E-state index contributed by atoms with van der Waals surface area (Å²) in [5.74, 6) is 0.685. The van der Waals surface area contributed by atoms with E-state index in [2.05, 4.69) is 15.5 Å². The fourth-order valence-corrected chi connectivity index (χ4v) is 1.40. The Kier molecular flexibility index (Phi) is 6.58. The Labute approximate surface area is 116 Å². The maximum atomic E-state index is 11.0. The zero-order chi connectivity index (χ0) is 11.3. The van der Waals surface area contributed by atoms with E-state index in [1.165, 1.54) is 25.3 Å². The van der Waals surface area contributed by atoms with Crippen LogP contribution in [0.5, 0.6) is 11.5 Å². The minimum atomic E-state index is -4.46. The molecule has 7 heteroatoms. The van der Waals surface area contributed by atoms with Crippen LogP contribution in [0.3, 0.4) is 0 Å². The minimum Gasteiger partial charge on any atom is -0.735 e. The van der Waals surface area contributed by atoms with Gasteiger partial charge in [0.25, 0.3) is 0 Å². The van der Waals surface area contributed by atoms with E-state index in [1.807, 2.05) is 0 Å². The Bertz CT molecular complexity index is 411. The van der Waals surface area contributed by atoms with Gasteiger partial charge in [-0.15, -0.1) is 0 Å². The number of phosphoric ester groups is 1. The molecule has 0 amide bonds. The number of methoxy groups -OCH3 is 1. The molecule has 1 unspecified atom stereocenters. The van der Waals surface area contributed by atoms with Crippen LogP contribution < -0.4 is 43.7 Å². The van der Waals surface area contributed by atoms with Gasteiger partial charge in [-0.25, -0.2) is 4.57 Å². The van der Waals surface area contributed by atoms with Crippen molar-refractivity contribution in [3.05, 3.63) is 24.3 Å². The molecule has 1 aromatic rings. The molecule has 0 aromatic heterocycles. The van der Waals surface area contributed by atoms with E-state index >= 15 is 0 Å². The molecule has 1 aromatic carbocycles. The van der Waals surface area contributed by atoms with E-state index in [9.17, 15) is 9.46 Å². The normalized spacial score (nSPS) is 12.6. The summed E-state index contributed by atoms with van der Waals surface area (Å²) in [4.78, 5) is 11.0. The molecule has 1 rings (SSSR count). The predicted molar refractivity (Wildman–Crippen MR) is 51.1 cm³/mol. The molecule has 1 atom stereocenters. The first-order chi connectivity index (χ1) is 7.07. The monoisotopic (exact) mass is 250 g/mol. The van der Waals surface area contributed by atoms with Crippen LogP contribution in [0.4, 0.5) is 0 Å². The van der Waals surface area contributed by atoms with Gasteiger partial charge in [0.05, 0.1) is 7.11 Å². The Balaban J connectivity index is 0.00000225. The van der Waals surface area contributed by atoms with Crippen molar-refractivity contribution >= 4 is 7.82 Å². The third-order valence-corrected chi connectivity index (χ3v) is 2.20. The van der Waals surface area contributed by atoms with Gasteiger partial charge < -0.3 is 18.7 Å². The zero-order valence-electron chi connectivity index (χ0n) is 8.88. The first kappa shape index (κ1) is 15.4. The minimum absolute atomic E-state index is 0. The zero-order valence-corrected chi connectivity index (χ0v) is 11.8. The largest absolute Gasteiger partial charge is 1.00 e. The van der Waals surface area contributed by atoms with Crippen LogP contribution in [0.25, 0.3) is 0 Å². The number of benzene rings is 1. The predicted octanol–water partition coefficient (Wildman–Crippen LogP) is -1.85. The molecule has 0 bridgehead atoms. The molecule has 0 N–H and O–H groups in total. The van der Waals surface area contributed by atoms with Crippen molar-refractivity contribution in [3.8, 4) is 24.0 Å². The smallest absolute Gasteiger partial charge is 0.735 e. The topological polar surface area (TPSA) is 67.8 Å². The van der Waals surface area contributed by atoms with Gasteiger partial charge >= 0.3 is 37.4 Å². The number of ether oxygens (including phenoxy) is 1. The summed E-state index contributed by atoms with van der Waals surface area (Å²) >= 11 is 0. The van der Waals surface area contributed by atoms with Crippen LogP contribution in [-0.4, -0.2) is 7.11 Å². The van der Waals surface area contributed by atoms with Crippen LogP contribution in [0.15, 0.2) is 24.3 Å². The van der Waals surface area contributed by atoms with E-state index < -0.39 is 7.82 Å². The Morgan fingerprint density at radius 1 is 1.31 bits per heavy atom. The summed E-state index contributed by atoms with van der Waals surface area (Å²) in [7, 11) is -2.97. The summed E-state index contributed by atoms with van der Waals surface area (Å²) in [5, 5.41) is 0. The number of phosphoric acid groups is 1. The van der Waals surface area contributed by atoms with Gasteiger partial charge in [0, 0.05) is 0 Å². The molecule has 0 aliphatic rings. The maximum Gasteiger partial charge on any atom is 1.00 e. The molecule has 0 saturated carbocycles. The molecule has 0 radical (unpaired) electrons. The van der Waals surface area contributed by atoms with Crippen LogP contribution in [0.1, 0.15) is 0 Å². The van der Waals surface area contributed by atoms with Crippen molar-refractivity contribution in [2.24, 2.45) is 0 Å². The maximum absolute atomic E-state index is 11.0.